The van der Waals surface area contributed by atoms with Gasteiger partial charge >= 0.3 is 11.6 Å². The zero-order chi connectivity index (χ0) is 20.6. The third-order valence-electron chi connectivity index (χ3n) is 4.38. The molecule has 0 aliphatic carbocycles. The Hall–Kier alpha value is -0.940. The number of halogens is 2. The largest absolute Gasteiger partial charge is 0.394 e. The van der Waals surface area contributed by atoms with E-state index >= 15 is 0 Å². The fourth-order valence-corrected chi connectivity index (χ4v) is 3.26. The van der Waals surface area contributed by atoms with E-state index in [0.29, 0.717) is 17.4 Å². The van der Waals surface area contributed by atoms with Crippen LogP contribution in [0, 0.1) is 3.57 Å². The molecule has 0 saturated carbocycles. The maximum Gasteiger partial charge on any atom is 0.332 e. The van der Waals surface area contributed by atoms with Gasteiger partial charge in [0, 0.05) is 6.20 Å². The molecule has 0 amide bonds. The minimum atomic E-state index is -3.28. The fraction of sp³-hybridized carbons (Fsp3) is 0.714. The van der Waals surface area contributed by atoms with Crippen molar-refractivity contribution >= 4 is 22.6 Å². The lowest BCUT2D eigenvalue weighted by molar-refractivity contribution is -0.428. The molecule has 2 rings (SSSR count). The van der Waals surface area contributed by atoms with Gasteiger partial charge in [0.15, 0.2) is 6.30 Å². The van der Waals surface area contributed by atoms with Gasteiger partial charge in [0.1, 0.15) is 12.2 Å². The van der Waals surface area contributed by atoms with Crippen LogP contribution in [0.5, 0.6) is 0 Å². The number of hydrogen-bond donors (Lipinski definition) is 6. The van der Waals surface area contributed by atoms with Crippen LogP contribution in [0.15, 0.2) is 15.8 Å². The van der Waals surface area contributed by atoms with Gasteiger partial charge < -0.3 is 30.4 Å². The third kappa shape index (κ3) is 3.57. The van der Waals surface area contributed by atoms with Crippen LogP contribution in [0.25, 0.3) is 0 Å². The number of hydrogen-bond acceptors (Lipinski definition) is 9. The van der Waals surface area contributed by atoms with Gasteiger partial charge in [-0.25, -0.2) is 13.8 Å². The first-order valence-electron chi connectivity index (χ1n) is 8.10. The number of aliphatic hydroxyl groups excluding tert-OH is 2. The van der Waals surface area contributed by atoms with Gasteiger partial charge in [-0.2, -0.15) is 0 Å². The Morgan fingerprint density at radius 2 is 2.11 bits per heavy atom. The second-order valence-corrected chi connectivity index (χ2v) is 7.31. The van der Waals surface area contributed by atoms with Gasteiger partial charge in [-0.15, -0.1) is 5.06 Å². The highest BCUT2D eigenvalue weighted by molar-refractivity contribution is 14.1. The Labute approximate surface area is 165 Å². The van der Waals surface area contributed by atoms with E-state index in [1.165, 1.54) is 22.6 Å². The standard InChI is InChI=1S/C14H21FIN3O8/c1-2-3-4-9(15)19(26)13(24)10(21)8(6-20)27-14(13,25)18-5-7(16)11(22)17-12(18)23/h5,8-10,20-21,24-26H,2-4,6H2,1H3,(H,17,22,23)/t8-,9?,10-,13-,14-/m1/s1. The van der Waals surface area contributed by atoms with Crippen molar-refractivity contribution in [3.05, 3.63) is 30.6 Å². The van der Waals surface area contributed by atoms with Crippen LogP contribution in [-0.4, -0.2) is 71.1 Å². The molecule has 154 valence electrons. The molecule has 1 aromatic rings. The van der Waals surface area contributed by atoms with Crippen LogP contribution in [0.2, 0.25) is 0 Å². The number of aliphatic hydroxyl groups is 4. The molecule has 0 radical (unpaired) electrons. The second-order valence-electron chi connectivity index (χ2n) is 6.15. The first-order chi connectivity index (χ1) is 12.5. The summed E-state index contributed by atoms with van der Waals surface area (Å²) in [5.74, 6) is -3.23. The molecule has 0 spiro atoms. The van der Waals surface area contributed by atoms with E-state index < -0.39 is 48.0 Å². The summed E-state index contributed by atoms with van der Waals surface area (Å²) >= 11 is 1.53. The number of nitrogens with zero attached hydrogens (tertiary/aromatic N) is 2. The van der Waals surface area contributed by atoms with Gasteiger partial charge in [-0.1, -0.05) is 13.3 Å². The Bertz CT molecular complexity index is 790. The Kier molecular flexibility index (Phi) is 6.79. The average molecular weight is 505 g/mol. The van der Waals surface area contributed by atoms with E-state index in [0.717, 1.165) is 6.20 Å². The van der Waals surface area contributed by atoms with E-state index in [4.69, 9.17) is 4.74 Å². The minimum absolute atomic E-state index is 0.110. The lowest BCUT2D eigenvalue weighted by atomic mass is 10.00. The predicted octanol–water partition coefficient (Wildman–Crippen LogP) is -1.64. The quantitative estimate of drug-likeness (QED) is 0.110. The van der Waals surface area contributed by atoms with Crippen molar-refractivity contribution in [2.24, 2.45) is 0 Å². The van der Waals surface area contributed by atoms with Crippen LogP contribution in [-0.2, 0) is 10.6 Å². The van der Waals surface area contributed by atoms with Crippen molar-refractivity contribution in [2.75, 3.05) is 6.61 Å². The molecule has 0 aromatic carbocycles. The Morgan fingerprint density at radius 1 is 1.48 bits per heavy atom. The van der Waals surface area contributed by atoms with Crippen molar-refractivity contribution < 1.29 is 34.8 Å². The number of unbranched alkanes of at least 4 members (excludes halogenated alkanes) is 1. The lowest BCUT2D eigenvalue weighted by Crippen LogP contribution is -2.69. The van der Waals surface area contributed by atoms with E-state index in [1.807, 2.05) is 4.98 Å². The van der Waals surface area contributed by atoms with Crippen LogP contribution in [0.4, 0.5) is 4.39 Å². The molecule has 1 aliphatic heterocycles. The first kappa shape index (κ1) is 22.4. The third-order valence-corrected chi connectivity index (χ3v) is 5.14. The molecule has 5 atom stereocenters. The average Bonchev–Trinajstić information content (AvgIpc) is 2.84. The van der Waals surface area contributed by atoms with E-state index in [2.05, 4.69) is 0 Å². The molecule has 1 saturated heterocycles. The van der Waals surface area contributed by atoms with Crippen molar-refractivity contribution in [2.45, 2.75) is 56.3 Å². The van der Waals surface area contributed by atoms with E-state index in [-0.39, 0.29) is 15.1 Å². The number of aromatic amines is 1. The summed E-state index contributed by atoms with van der Waals surface area (Å²) in [6.45, 7) is 0.831. The summed E-state index contributed by atoms with van der Waals surface area (Å²) in [5, 5.41) is 51.4. The minimum Gasteiger partial charge on any atom is -0.394 e. The van der Waals surface area contributed by atoms with E-state index in [1.54, 1.807) is 6.92 Å². The van der Waals surface area contributed by atoms with Gasteiger partial charge in [0.05, 0.1) is 10.2 Å². The summed E-state index contributed by atoms with van der Waals surface area (Å²) in [7, 11) is 0. The summed E-state index contributed by atoms with van der Waals surface area (Å²) in [5.41, 5.74) is -5.34. The monoisotopic (exact) mass is 505 g/mol. The van der Waals surface area contributed by atoms with Crippen LogP contribution in [0.1, 0.15) is 26.2 Å². The molecule has 27 heavy (non-hydrogen) atoms. The Balaban J connectivity index is 2.62. The Morgan fingerprint density at radius 3 is 2.67 bits per heavy atom. The van der Waals surface area contributed by atoms with Crippen LogP contribution < -0.4 is 11.2 Å². The number of alkyl halides is 1. The maximum absolute atomic E-state index is 14.4. The molecule has 11 nitrogen and oxygen atoms in total. The number of hydroxylamine groups is 2. The molecular weight excluding hydrogens is 484 g/mol. The summed E-state index contributed by atoms with van der Waals surface area (Å²) in [4.78, 5) is 25.6. The van der Waals surface area contributed by atoms with Crippen LogP contribution >= 0.6 is 22.6 Å². The number of H-pyrrole nitrogens is 1. The molecule has 0 bridgehead atoms. The zero-order valence-corrected chi connectivity index (χ0v) is 16.4. The van der Waals surface area contributed by atoms with Gasteiger partial charge in [-0.3, -0.25) is 9.78 Å². The van der Waals surface area contributed by atoms with Gasteiger partial charge in [0.2, 0.25) is 5.72 Å². The normalized spacial score (nSPS) is 32.2. The number of ether oxygens (including phenoxy) is 1. The molecule has 13 heteroatoms. The molecule has 6 N–H and O–H groups in total. The molecule has 2 heterocycles. The van der Waals surface area contributed by atoms with Gasteiger partial charge in [0.25, 0.3) is 5.56 Å². The SMILES string of the molecule is CCCCC(F)N(O)[C@@]1(O)[C@H](O)[C@@H](CO)O[C@@]1(O)n1cc(I)c(=O)[nH]c1=O. The molecular formula is C14H21FIN3O8. The van der Waals surface area contributed by atoms with Crippen molar-refractivity contribution in [3.63, 3.8) is 0 Å². The highest BCUT2D eigenvalue weighted by Crippen LogP contribution is 2.44. The van der Waals surface area contributed by atoms with Crippen molar-refractivity contribution in [1.29, 1.82) is 0 Å². The van der Waals surface area contributed by atoms with Gasteiger partial charge in [-0.05, 0) is 35.4 Å². The zero-order valence-electron chi connectivity index (χ0n) is 14.2. The summed E-state index contributed by atoms with van der Waals surface area (Å²) in [6.07, 6.45) is -4.73. The lowest BCUT2D eigenvalue weighted by Gasteiger charge is -2.43. The molecule has 1 aromatic heterocycles. The van der Waals surface area contributed by atoms with E-state index in [9.17, 15) is 39.6 Å². The second kappa shape index (κ2) is 8.20. The molecule has 1 aliphatic rings. The maximum atomic E-state index is 14.4. The first-order valence-corrected chi connectivity index (χ1v) is 9.18. The molecule has 1 unspecified atom stereocenters. The number of nitrogens with one attached hydrogen (secondary N) is 1. The summed E-state index contributed by atoms with van der Waals surface area (Å²) < 4.78 is 19.6. The van der Waals surface area contributed by atoms with Crippen molar-refractivity contribution in [1.82, 2.24) is 14.6 Å². The fourth-order valence-electron chi connectivity index (χ4n) is 2.85. The number of rotatable bonds is 7. The highest BCUT2D eigenvalue weighted by Gasteiger charge is 2.71. The smallest absolute Gasteiger partial charge is 0.332 e. The van der Waals surface area contributed by atoms with Crippen LogP contribution in [0.3, 0.4) is 0 Å². The number of aromatic nitrogens is 2. The topological polar surface area (TPSA) is 168 Å². The summed E-state index contributed by atoms with van der Waals surface area (Å²) in [6, 6.07) is 0. The molecule has 1 fully saturated rings. The predicted molar refractivity (Wildman–Crippen MR) is 95.2 cm³/mol. The van der Waals surface area contributed by atoms with Crippen molar-refractivity contribution in [3.8, 4) is 0 Å². The highest BCUT2D eigenvalue weighted by atomic mass is 127.